The van der Waals surface area contributed by atoms with Crippen molar-refractivity contribution in [3.8, 4) is 0 Å². The van der Waals surface area contributed by atoms with Gasteiger partial charge in [-0.1, -0.05) is 31.5 Å². The highest BCUT2D eigenvalue weighted by molar-refractivity contribution is 6.30. The van der Waals surface area contributed by atoms with Gasteiger partial charge in [0, 0.05) is 25.6 Å². The first kappa shape index (κ1) is 15.5. The lowest BCUT2D eigenvalue weighted by molar-refractivity contribution is 0.627. The van der Waals surface area contributed by atoms with E-state index in [9.17, 15) is 4.39 Å². The van der Waals surface area contributed by atoms with Crippen molar-refractivity contribution in [2.24, 2.45) is 0 Å². The number of hydrogen-bond donors (Lipinski definition) is 2. The molecule has 0 radical (unpaired) electrons. The first-order valence-corrected chi connectivity index (χ1v) is 7.12. The zero-order valence-electron chi connectivity index (χ0n) is 12.2. The summed E-state index contributed by atoms with van der Waals surface area (Å²) in [6, 6.07) is 6.49. The Hall–Kier alpha value is -1.88. The van der Waals surface area contributed by atoms with Crippen LogP contribution < -0.4 is 10.6 Å². The summed E-state index contributed by atoms with van der Waals surface area (Å²) in [5, 5.41) is 6.34. The molecule has 2 N–H and O–H groups in total. The standard InChI is InChI=1S/C15H18ClFN4/c1-9(2)15-20-13(18-3)7-14(21-15)19-8-10-4-5-12(17)11(16)6-10/h4-7,9H,8H2,1-3H3,(H2,18,19,20,21). The Morgan fingerprint density at radius 3 is 2.52 bits per heavy atom. The molecule has 4 nitrogen and oxygen atoms in total. The van der Waals surface area contributed by atoms with Crippen LogP contribution in [0.1, 0.15) is 31.2 Å². The summed E-state index contributed by atoms with van der Waals surface area (Å²) in [6.07, 6.45) is 0. The van der Waals surface area contributed by atoms with Crippen LogP contribution in [0.2, 0.25) is 5.02 Å². The lowest BCUT2D eigenvalue weighted by Gasteiger charge is -2.11. The highest BCUT2D eigenvalue weighted by Gasteiger charge is 2.08. The first-order chi connectivity index (χ1) is 9.99. The Labute approximate surface area is 128 Å². The molecule has 0 aliphatic heterocycles. The molecular formula is C15H18ClFN4. The predicted molar refractivity (Wildman–Crippen MR) is 84.4 cm³/mol. The fourth-order valence-corrected chi connectivity index (χ4v) is 1.99. The van der Waals surface area contributed by atoms with Crippen LogP contribution in [-0.4, -0.2) is 17.0 Å². The zero-order valence-corrected chi connectivity index (χ0v) is 13.0. The van der Waals surface area contributed by atoms with Gasteiger partial charge in [-0.15, -0.1) is 0 Å². The van der Waals surface area contributed by atoms with Gasteiger partial charge in [0.2, 0.25) is 0 Å². The molecule has 0 saturated carbocycles. The minimum atomic E-state index is -0.415. The Balaban J connectivity index is 2.15. The maximum atomic E-state index is 13.1. The average Bonchev–Trinajstić information content (AvgIpc) is 2.48. The first-order valence-electron chi connectivity index (χ1n) is 6.74. The van der Waals surface area contributed by atoms with Crippen LogP contribution in [0.3, 0.4) is 0 Å². The molecule has 0 aliphatic carbocycles. The van der Waals surface area contributed by atoms with E-state index in [1.54, 1.807) is 12.1 Å². The monoisotopic (exact) mass is 308 g/mol. The Kier molecular flexibility index (Phi) is 4.96. The van der Waals surface area contributed by atoms with E-state index in [1.807, 2.05) is 27.0 Å². The second kappa shape index (κ2) is 6.72. The van der Waals surface area contributed by atoms with Crippen molar-refractivity contribution < 1.29 is 4.39 Å². The third-order valence-corrected chi connectivity index (χ3v) is 3.26. The van der Waals surface area contributed by atoms with Gasteiger partial charge in [-0.3, -0.25) is 0 Å². The van der Waals surface area contributed by atoms with Crippen LogP contribution in [0.15, 0.2) is 24.3 Å². The molecule has 0 bridgehead atoms. The van der Waals surface area contributed by atoms with Crippen LogP contribution in [0.25, 0.3) is 0 Å². The maximum absolute atomic E-state index is 13.1. The highest BCUT2D eigenvalue weighted by Crippen LogP contribution is 2.19. The molecule has 0 atom stereocenters. The summed E-state index contributed by atoms with van der Waals surface area (Å²) in [6.45, 7) is 4.59. The van der Waals surface area contributed by atoms with Crippen LogP contribution in [0.5, 0.6) is 0 Å². The largest absolute Gasteiger partial charge is 0.373 e. The van der Waals surface area contributed by atoms with Gasteiger partial charge in [0.1, 0.15) is 23.3 Å². The second-order valence-electron chi connectivity index (χ2n) is 5.00. The van der Waals surface area contributed by atoms with E-state index in [1.165, 1.54) is 6.07 Å². The molecule has 0 unspecified atom stereocenters. The molecule has 2 rings (SSSR count). The van der Waals surface area contributed by atoms with Gasteiger partial charge in [0.15, 0.2) is 0 Å². The van der Waals surface area contributed by atoms with Crippen molar-refractivity contribution in [1.82, 2.24) is 9.97 Å². The maximum Gasteiger partial charge on any atom is 0.141 e. The predicted octanol–water partition coefficient (Wildman–Crippen LogP) is 4.05. The summed E-state index contributed by atoms with van der Waals surface area (Å²) in [4.78, 5) is 8.87. The van der Waals surface area contributed by atoms with Gasteiger partial charge in [-0.05, 0) is 17.7 Å². The van der Waals surface area contributed by atoms with Crippen molar-refractivity contribution >= 4 is 23.2 Å². The lowest BCUT2D eigenvalue weighted by Crippen LogP contribution is -2.07. The van der Waals surface area contributed by atoms with E-state index < -0.39 is 5.82 Å². The fourth-order valence-electron chi connectivity index (χ4n) is 1.78. The van der Waals surface area contributed by atoms with Crippen molar-refractivity contribution in [1.29, 1.82) is 0 Å². The van der Waals surface area contributed by atoms with Crippen molar-refractivity contribution in [3.05, 3.63) is 46.5 Å². The van der Waals surface area contributed by atoms with E-state index in [2.05, 4.69) is 20.6 Å². The van der Waals surface area contributed by atoms with Gasteiger partial charge >= 0.3 is 0 Å². The summed E-state index contributed by atoms with van der Waals surface area (Å²) in [5.74, 6) is 2.06. The second-order valence-corrected chi connectivity index (χ2v) is 5.41. The quantitative estimate of drug-likeness (QED) is 0.875. The molecule has 1 heterocycles. The third kappa shape index (κ3) is 4.04. The molecule has 0 fully saturated rings. The molecule has 1 aromatic carbocycles. The fraction of sp³-hybridized carbons (Fsp3) is 0.333. The normalized spacial score (nSPS) is 10.8. The number of hydrogen-bond acceptors (Lipinski definition) is 4. The molecule has 1 aromatic heterocycles. The van der Waals surface area contributed by atoms with Crippen LogP contribution in [-0.2, 0) is 6.54 Å². The molecule has 0 aliphatic rings. The number of rotatable bonds is 5. The molecule has 0 amide bonds. The molecule has 6 heteroatoms. The number of benzene rings is 1. The zero-order chi connectivity index (χ0) is 15.4. The number of halogens is 2. The third-order valence-electron chi connectivity index (χ3n) is 2.97. The molecule has 21 heavy (non-hydrogen) atoms. The van der Waals surface area contributed by atoms with Gasteiger partial charge in [0.05, 0.1) is 5.02 Å². The average molecular weight is 309 g/mol. The van der Waals surface area contributed by atoms with Gasteiger partial charge in [-0.25, -0.2) is 14.4 Å². The Morgan fingerprint density at radius 1 is 1.19 bits per heavy atom. The molecule has 112 valence electrons. The topological polar surface area (TPSA) is 49.8 Å². The van der Waals surface area contributed by atoms with Gasteiger partial charge in [-0.2, -0.15) is 0 Å². The van der Waals surface area contributed by atoms with E-state index in [-0.39, 0.29) is 10.9 Å². The Bertz CT molecular complexity index is 631. The summed E-state index contributed by atoms with van der Waals surface area (Å²) in [7, 11) is 1.82. The van der Waals surface area contributed by atoms with Crippen LogP contribution >= 0.6 is 11.6 Å². The summed E-state index contributed by atoms with van der Waals surface area (Å²) >= 11 is 5.77. The minimum absolute atomic E-state index is 0.121. The van der Waals surface area contributed by atoms with E-state index in [0.29, 0.717) is 6.54 Å². The Morgan fingerprint density at radius 2 is 1.90 bits per heavy atom. The smallest absolute Gasteiger partial charge is 0.141 e. The van der Waals surface area contributed by atoms with Gasteiger partial charge < -0.3 is 10.6 Å². The number of nitrogens with zero attached hydrogens (tertiary/aromatic N) is 2. The SMILES string of the molecule is CNc1cc(NCc2ccc(F)c(Cl)c2)nc(C(C)C)n1. The molecule has 0 spiro atoms. The van der Waals surface area contributed by atoms with Crippen molar-refractivity contribution in [2.75, 3.05) is 17.7 Å². The summed E-state index contributed by atoms with van der Waals surface area (Å²) in [5.41, 5.74) is 0.886. The van der Waals surface area contributed by atoms with E-state index in [0.717, 1.165) is 23.0 Å². The number of anilines is 2. The van der Waals surface area contributed by atoms with Crippen molar-refractivity contribution in [2.45, 2.75) is 26.3 Å². The number of nitrogens with one attached hydrogen (secondary N) is 2. The lowest BCUT2D eigenvalue weighted by atomic mass is 10.2. The van der Waals surface area contributed by atoms with Crippen LogP contribution in [0, 0.1) is 5.82 Å². The molecular weight excluding hydrogens is 291 g/mol. The minimum Gasteiger partial charge on any atom is -0.373 e. The number of aromatic nitrogens is 2. The van der Waals surface area contributed by atoms with Crippen LogP contribution in [0.4, 0.5) is 16.0 Å². The highest BCUT2D eigenvalue weighted by atomic mass is 35.5. The van der Waals surface area contributed by atoms with Crippen molar-refractivity contribution in [3.63, 3.8) is 0 Å². The van der Waals surface area contributed by atoms with E-state index >= 15 is 0 Å². The molecule has 0 saturated heterocycles. The summed E-state index contributed by atoms with van der Waals surface area (Å²) < 4.78 is 13.1. The van der Waals surface area contributed by atoms with E-state index in [4.69, 9.17) is 11.6 Å². The van der Waals surface area contributed by atoms with Gasteiger partial charge in [0.25, 0.3) is 0 Å². The molecule has 2 aromatic rings.